The van der Waals surface area contributed by atoms with Gasteiger partial charge in [0.1, 0.15) is 5.54 Å². The van der Waals surface area contributed by atoms with Gasteiger partial charge in [-0.2, -0.15) is 0 Å². The molecule has 1 aliphatic rings. The molecule has 1 aliphatic carbocycles. The maximum Gasteiger partial charge on any atom is 0.157 e. The Labute approximate surface area is 100 Å². The Morgan fingerprint density at radius 1 is 1.47 bits per heavy atom. The zero-order valence-corrected chi connectivity index (χ0v) is 8.84. The van der Waals surface area contributed by atoms with Crippen LogP contribution in [0.4, 0.5) is 0 Å². The molecule has 0 radical (unpaired) electrons. The SMILES string of the molecule is [2H]C1([2H])CC(=O)C(N)(c2ccccc2Cl)C([2H])([2H])C1. The Balaban J connectivity index is 2.59. The fraction of sp³-hybridized carbons (Fsp3) is 0.417. The van der Waals surface area contributed by atoms with Gasteiger partial charge >= 0.3 is 0 Å². The van der Waals surface area contributed by atoms with Crippen LogP contribution in [0, 0.1) is 0 Å². The maximum atomic E-state index is 12.2. The second-order valence-corrected chi connectivity index (χ2v) is 3.90. The number of rotatable bonds is 1. The van der Waals surface area contributed by atoms with E-state index in [9.17, 15) is 4.79 Å². The summed E-state index contributed by atoms with van der Waals surface area (Å²) in [5, 5.41) is 0.213. The van der Waals surface area contributed by atoms with Crippen molar-refractivity contribution in [3.8, 4) is 0 Å². The first-order chi connectivity index (χ1) is 8.60. The number of benzene rings is 1. The van der Waals surface area contributed by atoms with Gasteiger partial charge in [-0.25, -0.2) is 0 Å². The monoisotopic (exact) mass is 227 g/mol. The number of carbonyl (C=O) groups excluding carboxylic acids is 1. The summed E-state index contributed by atoms with van der Waals surface area (Å²) in [6.45, 7) is 0. The highest BCUT2D eigenvalue weighted by Gasteiger charge is 2.38. The molecule has 0 bridgehead atoms. The smallest absolute Gasteiger partial charge is 0.157 e. The first-order valence-corrected chi connectivity index (χ1v) is 5.05. The first kappa shape index (κ1) is 6.66. The minimum Gasteiger partial charge on any atom is -0.315 e. The number of Topliss-reactive ketones (excluding diaryl/α,β-unsaturated/α-hetero) is 1. The van der Waals surface area contributed by atoms with Gasteiger partial charge in [0.05, 0.1) is 0 Å². The van der Waals surface area contributed by atoms with Gasteiger partial charge in [-0.05, 0) is 24.4 Å². The molecule has 2 N–H and O–H groups in total. The topological polar surface area (TPSA) is 43.1 Å². The fourth-order valence-corrected chi connectivity index (χ4v) is 1.93. The summed E-state index contributed by atoms with van der Waals surface area (Å²) in [6.07, 6.45) is -4.93. The Bertz CT molecular complexity index is 534. The second-order valence-electron chi connectivity index (χ2n) is 3.49. The first-order valence-electron chi connectivity index (χ1n) is 6.67. The average Bonchev–Trinajstić information content (AvgIpc) is 2.24. The quantitative estimate of drug-likeness (QED) is 0.802. The fourth-order valence-electron chi connectivity index (χ4n) is 1.64. The Hall–Kier alpha value is -0.860. The van der Waals surface area contributed by atoms with Crippen LogP contribution in [0.3, 0.4) is 0 Å². The summed E-state index contributed by atoms with van der Waals surface area (Å²) in [4.78, 5) is 12.2. The number of carbonyl (C=O) groups is 1. The predicted octanol–water partition coefficient (Wildman–Crippen LogP) is 2.64. The summed E-state index contributed by atoms with van der Waals surface area (Å²) >= 11 is 6.02. The molecule has 1 aromatic rings. The summed E-state index contributed by atoms with van der Waals surface area (Å²) in [7, 11) is 0. The van der Waals surface area contributed by atoms with E-state index in [4.69, 9.17) is 22.8 Å². The van der Waals surface area contributed by atoms with Crippen molar-refractivity contribution in [3.05, 3.63) is 34.9 Å². The lowest BCUT2D eigenvalue weighted by molar-refractivity contribution is -0.126. The highest BCUT2D eigenvalue weighted by molar-refractivity contribution is 6.31. The molecule has 1 saturated carbocycles. The molecule has 1 unspecified atom stereocenters. The summed E-state index contributed by atoms with van der Waals surface area (Å²) in [5.41, 5.74) is 4.35. The molecule has 80 valence electrons. The molecular weight excluding hydrogens is 210 g/mol. The van der Waals surface area contributed by atoms with E-state index in [1.165, 1.54) is 12.1 Å². The Kier molecular flexibility index (Phi) is 1.76. The van der Waals surface area contributed by atoms with Crippen LogP contribution in [-0.2, 0) is 10.3 Å². The minimum atomic E-state index is -2.20. The van der Waals surface area contributed by atoms with Crippen LogP contribution in [-0.4, -0.2) is 5.78 Å². The van der Waals surface area contributed by atoms with Crippen molar-refractivity contribution in [2.24, 2.45) is 5.73 Å². The largest absolute Gasteiger partial charge is 0.315 e. The number of nitrogens with two attached hydrogens (primary N) is 1. The molecule has 3 heteroatoms. The van der Waals surface area contributed by atoms with Crippen molar-refractivity contribution in [3.63, 3.8) is 0 Å². The van der Waals surface area contributed by atoms with Gasteiger partial charge in [0.15, 0.2) is 5.78 Å². The predicted molar refractivity (Wildman–Crippen MR) is 60.8 cm³/mol. The normalized spacial score (nSPS) is 37.3. The number of hydrogen-bond donors (Lipinski definition) is 1. The standard InChI is InChI=1S/C12H14ClNO/c13-10-6-2-1-5-9(10)12(14)8-4-3-7-11(12)15/h1-2,5-6H,3-4,7-8,14H2/i3D2,8D2. The molecule has 0 amide bonds. The third kappa shape index (κ3) is 1.80. The molecule has 0 spiro atoms. The highest BCUT2D eigenvalue weighted by atomic mass is 35.5. The van der Waals surface area contributed by atoms with Crippen LogP contribution in [0.1, 0.15) is 36.6 Å². The molecule has 2 rings (SSSR count). The molecule has 2 nitrogen and oxygen atoms in total. The summed E-state index contributed by atoms with van der Waals surface area (Å²) in [5.74, 6) is -0.665. The van der Waals surface area contributed by atoms with Crippen LogP contribution >= 0.6 is 11.6 Å². The van der Waals surface area contributed by atoms with Crippen LogP contribution in [0.25, 0.3) is 0 Å². The zero-order chi connectivity index (χ0) is 14.5. The van der Waals surface area contributed by atoms with Crippen molar-refractivity contribution >= 4 is 17.4 Å². The molecule has 1 atom stereocenters. The zero-order valence-electron chi connectivity index (χ0n) is 12.1. The van der Waals surface area contributed by atoms with E-state index in [2.05, 4.69) is 0 Å². The van der Waals surface area contributed by atoms with E-state index in [-0.39, 0.29) is 10.6 Å². The molecule has 0 saturated heterocycles. The minimum absolute atomic E-state index is 0.210. The maximum absolute atomic E-state index is 12.2. The van der Waals surface area contributed by atoms with Gasteiger partial charge in [-0.15, -0.1) is 0 Å². The van der Waals surface area contributed by atoms with Crippen LogP contribution in [0.5, 0.6) is 0 Å². The van der Waals surface area contributed by atoms with E-state index in [0.717, 1.165) is 0 Å². The van der Waals surface area contributed by atoms with E-state index in [1.54, 1.807) is 12.1 Å². The highest BCUT2D eigenvalue weighted by Crippen LogP contribution is 2.35. The van der Waals surface area contributed by atoms with Gasteiger partial charge in [0.2, 0.25) is 0 Å². The molecule has 1 fully saturated rings. The van der Waals surface area contributed by atoms with E-state index in [0.29, 0.717) is 0 Å². The second kappa shape index (κ2) is 3.95. The lowest BCUT2D eigenvalue weighted by Crippen LogP contribution is -2.47. The van der Waals surface area contributed by atoms with E-state index >= 15 is 0 Å². The lowest BCUT2D eigenvalue weighted by atomic mass is 9.76. The van der Waals surface area contributed by atoms with Gasteiger partial charge in [-0.1, -0.05) is 36.2 Å². The Morgan fingerprint density at radius 3 is 2.87 bits per heavy atom. The lowest BCUT2D eigenvalue weighted by Gasteiger charge is -2.32. The van der Waals surface area contributed by atoms with E-state index in [1.807, 2.05) is 0 Å². The molecule has 0 aromatic heterocycles. The van der Waals surface area contributed by atoms with Gasteiger partial charge < -0.3 is 5.73 Å². The number of halogens is 1. The van der Waals surface area contributed by atoms with Crippen molar-refractivity contribution < 1.29 is 10.3 Å². The molecule has 15 heavy (non-hydrogen) atoms. The van der Waals surface area contributed by atoms with Crippen LogP contribution < -0.4 is 5.73 Å². The van der Waals surface area contributed by atoms with Gasteiger partial charge in [-0.3, -0.25) is 4.79 Å². The summed E-state index contributed by atoms with van der Waals surface area (Å²) in [6, 6.07) is 6.34. The third-order valence-corrected chi connectivity index (χ3v) is 2.85. The molecule has 1 aromatic carbocycles. The number of hydrogen-bond acceptors (Lipinski definition) is 2. The molecule has 0 aliphatic heterocycles. The van der Waals surface area contributed by atoms with Crippen LogP contribution in [0.15, 0.2) is 24.3 Å². The van der Waals surface area contributed by atoms with Crippen molar-refractivity contribution in [2.45, 2.75) is 31.1 Å². The van der Waals surface area contributed by atoms with E-state index < -0.39 is 36.9 Å². The Morgan fingerprint density at radius 2 is 2.20 bits per heavy atom. The number of ketones is 1. The van der Waals surface area contributed by atoms with Gasteiger partial charge in [0, 0.05) is 16.9 Å². The summed E-state index contributed by atoms with van der Waals surface area (Å²) < 4.78 is 31.3. The third-order valence-electron chi connectivity index (χ3n) is 2.52. The van der Waals surface area contributed by atoms with Crippen LogP contribution in [0.2, 0.25) is 5.02 Å². The van der Waals surface area contributed by atoms with Gasteiger partial charge in [0.25, 0.3) is 0 Å². The average molecular weight is 228 g/mol. The van der Waals surface area contributed by atoms with Crippen molar-refractivity contribution in [1.82, 2.24) is 0 Å². The van der Waals surface area contributed by atoms with Crippen molar-refractivity contribution in [2.75, 3.05) is 0 Å². The molecular formula is C12H14ClNO. The van der Waals surface area contributed by atoms with Crippen molar-refractivity contribution in [1.29, 1.82) is 0 Å². The molecule has 0 heterocycles.